The molecule has 2 rings (SSSR count). The lowest BCUT2D eigenvalue weighted by Crippen LogP contribution is -1.93. The third-order valence-electron chi connectivity index (χ3n) is 2.04. The molecule has 0 amide bonds. The molecule has 0 aliphatic rings. The van der Waals surface area contributed by atoms with Crippen molar-refractivity contribution in [2.45, 2.75) is 6.92 Å². The Kier molecular flexibility index (Phi) is 3.10. The Labute approximate surface area is 92.9 Å². The van der Waals surface area contributed by atoms with Crippen LogP contribution in [0.1, 0.15) is 6.92 Å². The molecule has 2 aromatic heterocycles. The number of hydrogen-bond donors (Lipinski definition) is 0. The summed E-state index contributed by atoms with van der Waals surface area (Å²) < 4.78 is 18.3. The zero-order valence-corrected chi connectivity index (χ0v) is 8.85. The van der Waals surface area contributed by atoms with Crippen LogP contribution in [0.2, 0.25) is 0 Å². The van der Waals surface area contributed by atoms with Gasteiger partial charge in [0.05, 0.1) is 18.5 Å². The van der Waals surface area contributed by atoms with Crippen LogP contribution in [0.15, 0.2) is 36.8 Å². The summed E-state index contributed by atoms with van der Waals surface area (Å²) in [6, 6.07) is 4.47. The highest BCUT2D eigenvalue weighted by Crippen LogP contribution is 2.20. The first kappa shape index (κ1) is 10.5. The van der Waals surface area contributed by atoms with Gasteiger partial charge in [-0.25, -0.2) is 4.39 Å². The average molecular weight is 218 g/mol. The summed E-state index contributed by atoms with van der Waals surface area (Å²) in [6.07, 6.45) is 4.68. The van der Waals surface area contributed by atoms with Gasteiger partial charge in [-0.05, 0) is 19.1 Å². The second kappa shape index (κ2) is 4.70. The number of hydrogen-bond acceptors (Lipinski definition) is 3. The van der Waals surface area contributed by atoms with Gasteiger partial charge in [0, 0.05) is 24.0 Å². The van der Waals surface area contributed by atoms with Crippen molar-refractivity contribution in [1.82, 2.24) is 9.97 Å². The fourth-order valence-electron chi connectivity index (χ4n) is 1.37. The maximum atomic E-state index is 13.0. The molecule has 16 heavy (non-hydrogen) atoms. The second-order valence-electron chi connectivity index (χ2n) is 3.20. The molecule has 3 nitrogen and oxygen atoms in total. The van der Waals surface area contributed by atoms with Crippen molar-refractivity contribution in [1.29, 1.82) is 0 Å². The van der Waals surface area contributed by atoms with E-state index in [0.717, 1.165) is 5.56 Å². The summed E-state index contributed by atoms with van der Waals surface area (Å²) in [5, 5.41) is 0. The molecule has 0 fully saturated rings. The minimum absolute atomic E-state index is 0.313. The summed E-state index contributed by atoms with van der Waals surface area (Å²) >= 11 is 0. The molecule has 2 aromatic rings. The SMILES string of the molecule is CCOc1cncc(-c2cc(F)ccn2)c1. The first-order valence-corrected chi connectivity index (χ1v) is 4.99. The fraction of sp³-hybridized carbons (Fsp3) is 0.167. The largest absolute Gasteiger partial charge is 0.492 e. The first-order valence-electron chi connectivity index (χ1n) is 4.99. The number of nitrogens with zero attached hydrogens (tertiary/aromatic N) is 2. The third kappa shape index (κ3) is 2.34. The van der Waals surface area contributed by atoms with E-state index in [2.05, 4.69) is 9.97 Å². The molecule has 0 atom stereocenters. The van der Waals surface area contributed by atoms with Crippen molar-refractivity contribution in [3.8, 4) is 17.0 Å². The molecule has 0 aliphatic carbocycles. The summed E-state index contributed by atoms with van der Waals surface area (Å²) in [5.41, 5.74) is 1.29. The fourth-order valence-corrected chi connectivity index (χ4v) is 1.37. The van der Waals surface area contributed by atoms with Gasteiger partial charge in [0.1, 0.15) is 11.6 Å². The first-order chi connectivity index (χ1) is 7.79. The van der Waals surface area contributed by atoms with Gasteiger partial charge in [-0.3, -0.25) is 9.97 Å². The van der Waals surface area contributed by atoms with Crippen LogP contribution in [0.5, 0.6) is 5.75 Å². The Morgan fingerprint density at radius 1 is 1.31 bits per heavy atom. The molecule has 0 bridgehead atoms. The zero-order chi connectivity index (χ0) is 11.4. The normalized spacial score (nSPS) is 10.1. The van der Waals surface area contributed by atoms with E-state index in [9.17, 15) is 4.39 Å². The van der Waals surface area contributed by atoms with Crippen molar-refractivity contribution in [3.63, 3.8) is 0 Å². The summed E-state index contributed by atoms with van der Waals surface area (Å²) in [5.74, 6) is 0.345. The van der Waals surface area contributed by atoms with E-state index >= 15 is 0 Å². The highest BCUT2D eigenvalue weighted by molar-refractivity contribution is 5.59. The van der Waals surface area contributed by atoms with E-state index in [-0.39, 0.29) is 5.82 Å². The standard InChI is InChI=1S/C12H11FN2O/c1-2-16-11-5-9(7-14-8-11)12-6-10(13)3-4-15-12/h3-8H,2H2,1H3. The summed E-state index contributed by atoms with van der Waals surface area (Å²) in [6.45, 7) is 2.47. The van der Waals surface area contributed by atoms with E-state index in [1.807, 2.05) is 6.92 Å². The third-order valence-corrected chi connectivity index (χ3v) is 2.04. The number of halogens is 1. The lowest BCUT2D eigenvalue weighted by Gasteiger charge is -2.04. The monoisotopic (exact) mass is 218 g/mol. The van der Waals surface area contributed by atoms with Crippen LogP contribution in [0.25, 0.3) is 11.3 Å². The Bertz CT molecular complexity index is 488. The molecule has 0 unspecified atom stereocenters. The second-order valence-corrected chi connectivity index (χ2v) is 3.20. The van der Waals surface area contributed by atoms with Crippen LogP contribution in [-0.2, 0) is 0 Å². The molecule has 0 aliphatic heterocycles. The topological polar surface area (TPSA) is 35.0 Å². The van der Waals surface area contributed by atoms with Gasteiger partial charge in [0.2, 0.25) is 0 Å². The molecule has 82 valence electrons. The van der Waals surface area contributed by atoms with E-state index < -0.39 is 0 Å². The van der Waals surface area contributed by atoms with Crippen LogP contribution < -0.4 is 4.74 Å². The molecule has 0 saturated heterocycles. The highest BCUT2D eigenvalue weighted by Gasteiger charge is 2.03. The Morgan fingerprint density at radius 3 is 2.94 bits per heavy atom. The van der Waals surface area contributed by atoms with Crippen molar-refractivity contribution < 1.29 is 9.13 Å². The molecular formula is C12H11FN2O. The highest BCUT2D eigenvalue weighted by atomic mass is 19.1. The van der Waals surface area contributed by atoms with E-state index in [1.165, 1.54) is 18.3 Å². The smallest absolute Gasteiger partial charge is 0.138 e. The van der Waals surface area contributed by atoms with Crippen LogP contribution in [0, 0.1) is 5.82 Å². The van der Waals surface area contributed by atoms with Crippen LogP contribution in [-0.4, -0.2) is 16.6 Å². The molecular weight excluding hydrogens is 207 g/mol. The Hall–Kier alpha value is -1.97. The van der Waals surface area contributed by atoms with Crippen molar-refractivity contribution in [3.05, 3.63) is 42.6 Å². The number of pyridine rings is 2. The quantitative estimate of drug-likeness (QED) is 0.794. The minimum atomic E-state index is -0.313. The van der Waals surface area contributed by atoms with E-state index in [0.29, 0.717) is 18.1 Å². The van der Waals surface area contributed by atoms with Crippen molar-refractivity contribution in [2.75, 3.05) is 6.61 Å². The summed E-state index contributed by atoms with van der Waals surface area (Å²) in [7, 11) is 0. The van der Waals surface area contributed by atoms with Gasteiger partial charge in [-0.1, -0.05) is 0 Å². The average Bonchev–Trinajstić information content (AvgIpc) is 2.30. The molecule has 0 N–H and O–H groups in total. The molecule has 0 aromatic carbocycles. The lowest BCUT2D eigenvalue weighted by molar-refractivity contribution is 0.339. The van der Waals surface area contributed by atoms with Gasteiger partial charge < -0.3 is 4.74 Å². The number of ether oxygens (including phenoxy) is 1. The van der Waals surface area contributed by atoms with Crippen molar-refractivity contribution >= 4 is 0 Å². The number of rotatable bonds is 3. The van der Waals surface area contributed by atoms with Crippen LogP contribution >= 0.6 is 0 Å². The zero-order valence-electron chi connectivity index (χ0n) is 8.85. The van der Waals surface area contributed by atoms with Crippen molar-refractivity contribution in [2.24, 2.45) is 0 Å². The maximum absolute atomic E-state index is 13.0. The predicted molar refractivity (Wildman–Crippen MR) is 58.6 cm³/mol. The van der Waals surface area contributed by atoms with Gasteiger partial charge in [0.25, 0.3) is 0 Å². The minimum Gasteiger partial charge on any atom is -0.492 e. The molecule has 2 heterocycles. The predicted octanol–water partition coefficient (Wildman–Crippen LogP) is 2.68. The van der Waals surface area contributed by atoms with E-state index in [4.69, 9.17) is 4.74 Å². The van der Waals surface area contributed by atoms with Crippen LogP contribution in [0.4, 0.5) is 4.39 Å². The number of aromatic nitrogens is 2. The Morgan fingerprint density at radius 2 is 2.19 bits per heavy atom. The molecule has 4 heteroatoms. The van der Waals surface area contributed by atoms with Gasteiger partial charge >= 0.3 is 0 Å². The van der Waals surface area contributed by atoms with Gasteiger partial charge in [0.15, 0.2) is 0 Å². The molecule has 0 radical (unpaired) electrons. The van der Waals surface area contributed by atoms with Gasteiger partial charge in [-0.2, -0.15) is 0 Å². The molecule has 0 saturated carbocycles. The van der Waals surface area contributed by atoms with E-state index in [1.54, 1.807) is 18.5 Å². The lowest BCUT2D eigenvalue weighted by atomic mass is 10.2. The van der Waals surface area contributed by atoms with Crippen LogP contribution in [0.3, 0.4) is 0 Å². The Balaban J connectivity index is 2.36. The molecule has 0 spiro atoms. The maximum Gasteiger partial charge on any atom is 0.138 e. The summed E-state index contributed by atoms with van der Waals surface area (Å²) in [4.78, 5) is 8.10. The van der Waals surface area contributed by atoms with Gasteiger partial charge in [-0.15, -0.1) is 0 Å².